The Kier molecular flexibility index (Phi) is 5.44. The van der Waals surface area contributed by atoms with E-state index in [4.69, 9.17) is 5.11 Å². The Balaban J connectivity index is 1.77. The van der Waals surface area contributed by atoms with Crippen molar-refractivity contribution in [2.75, 3.05) is 13.6 Å². The van der Waals surface area contributed by atoms with Crippen LogP contribution in [0.5, 0.6) is 0 Å². The fourth-order valence-electron chi connectivity index (χ4n) is 3.75. The van der Waals surface area contributed by atoms with E-state index >= 15 is 0 Å². The van der Waals surface area contributed by atoms with E-state index in [0.29, 0.717) is 18.8 Å². The van der Waals surface area contributed by atoms with Crippen molar-refractivity contribution in [2.24, 2.45) is 17.8 Å². The summed E-state index contributed by atoms with van der Waals surface area (Å²) in [7, 11) is 1.92. The molecule has 4 heteroatoms. The van der Waals surface area contributed by atoms with Crippen LogP contribution < -0.4 is 0 Å². The maximum absolute atomic E-state index is 12.4. The molecule has 2 fully saturated rings. The summed E-state index contributed by atoms with van der Waals surface area (Å²) in [5.74, 6) is 0.0285. The van der Waals surface area contributed by atoms with E-state index in [1.54, 1.807) is 0 Å². The number of hydrogen-bond acceptors (Lipinski definition) is 2. The summed E-state index contributed by atoms with van der Waals surface area (Å²) in [6.45, 7) is 0.887. The van der Waals surface area contributed by atoms with Crippen molar-refractivity contribution in [1.29, 1.82) is 0 Å². The van der Waals surface area contributed by atoms with Gasteiger partial charge in [0.25, 0.3) is 0 Å². The highest BCUT2D eigenvalue weighted by Gasteiger charge is 2.31. The minimum atomic E-state index is -0.702. The maximum atomic E-state index is 12.4. The van der Waals surface area contributed by atoms with Crippen molar-refractivity contribution >= 4 is 11.9 Å². The standard InChI is InChI=1S/C16H27NO3/c1-17(11-12-5-3-2-4-6-12)15(18)13-7-9-14(10-8-13)16(19)20/h12-14H,2-11H2,1H3,(H,19,20). The van der Waals surface area contributed by atoms with Crippen LogP contribution in [-0.4, -0.2) is 35.5 Å². The predicted octanol–water partition coefficient (Wildman–Crippen LogP) is 2.92. The quantitative estimate of drug-likeness (QED) is 0.862. The average molecular weight is 281 g/mol. The van der Waals surface area contributed by atoms with Gasteiger partial charge in [0.15, 0.2) is 0 Å². The Morgan fingerprint density at radius 1 is 0.950 bits per heavy atom. The zero-order chi connectivity index (χ0) is 14.5. The van der Waals surface area contributed by atoms with Gasteiger partial charge in [0.05, 0.1) is 5.92 Å². The Morgan fingerprint density at radius 3 is 2.05 bits per heavy atom. The summed E-state index contributed by atoms with van der Waals surface area (Å²) >= 11 is 0. The molecule has 0 aromatic heterocycles. The van der Waals surface area contributed by atoms with Crippen LogP contribution in [0.2, 0.25) is 0 Å². The first-order valence-corrected chi connectivity index (χ1v) is 8.05. The molecule has 114 valence electrons. The number of amides is 1. The van der Waals surface area contributed by atoms with Gasteiger partial charge in [0.1, 0.15) is 0 Å². The van der Waals surface area contributed by atoms with Gasteiger partial charge in [-0.05, 0) is 44.4 Å². The van der Waals surface area contributed by atoms with Crippen molar-refractivity contribution in [3.05, 3.63) is 0 Å². The van der Waals surface area contributed by atoms with Crippen LogP contribution in [0.25, 0.3) is 0 Å². The molecular weight excluding hydrogens is 254 g/mol. The molecule has 2 aliphatic rings. The first-order chi connectivity index (χ1) is 9.58. The van der Waals surface area contributed by atoms with Crippen LogP contribution in [0.3, 0.4) is 0 Å². The second-order valence-electron chi connectivity index (χ2n) is 6.61. The monoisotopic (exact) mass is 281 g/mol. The predicted molar refractivity (Wildman–Crippen MR) is 77.3 cm³/mol. The third-order valence-electron chi connectivity index (χ3n) is 5.06. The summed E-state index contributed by atoms with van der Waals surface area (Å²) in [5, 5.41) is 8.99. The largest absolute Gasteiger partial charge is 0.481 e. The lowest BCUT2D eigenvalue weighted by molar-refractivity contribution is -0.145. The topological polar surface area (TPSA) is 57.6 Å². The molecule has 20 heavy (non-hydrogen) atoms. The van der Waals surface area contributed by atoms with Crippen LogP contribution in [0.1, 0.15) is 57.8 Å². The van der Waals surface area contributed by atoms with Gasteiger partial charge in [0.2, 0.25) is 5.91 Å². The van der Waals surface area contributed by atoms with Gasteiger partial charge in [-0.15, -0.1) is 0 Å². The smallest absolute Gasteiger partial charge is 0.306 e. The Bertz CT molecular complexity index is 342. The zero-order valence-corrected chi connectivity index (χ0v) is 12.5. The minimum Gasteiger partial charge on any atom is -0.481 e. The molecule has 0 aromatic carbocycles. The number of hydrogen-bond donors (Lipinski definition) is 1. The molecule has 0 saturated heterocycles. The van der Waals surface area contributed by atoms with Gasteiger partial charge in [-0.3, -0.25) is 9.59 Å². The minimum absolute atomic E-state index is 0.0548. The third kappa shape index (κ3) is 3.97. The number of carboxylic acids is 1. The second kappa shape index (κ2) is 7.09. The molecule has 4 nitrogen and oxygen atoms in total. The van der Waals surface area contributed by atoms with Crippen LogP contribution in [0.15, 0.2) is 0 Å². The molecule has 0 radical (unpaired) electrons. The van der Waals surface area contributed by atoms with Crippen LogP contribution in [0.4, 0.5) is 0 Å². The molecular formula is C16H27NO3. The number of carbonyl (C=O) groups is 2. The van der Waals surface area contributed by atoms with E-state index in [-0.39, 0.29) is 17.7 Å². The Hall–Kier alpha value is -1.06. The van der Waals surface area contributed by atoms with Crippen molar-refractivity contribution in [1.82, 2.24) is 4.90 Å². The van der Waals surface area contributed by atoms with E-state index in [1.165, 1.54) is 32.1 Å². The van der Waals surface area contributed by atoms with Crippen molar-refractivity contribution in [3.8, 4) is 0 Å². The summed E-state index contributed by atoms with van der Waals surface area (Å²) < 4.78 is 0. The average Bonchev–Trinajstić information content (AvgIpc) is 2.47. The van der Waals surface area contributed by atoms with Crippen LogP contribution >= 0.6 is 0 Å². The molecule has 2 saturated carbocycles. The molecule has 0 unspecified atom stereocenters. The van der Waals surface area contributed by atoms with E-state index in [0.717, 1.165) is 19.4 Å². The summed E-state index contributed by atoms with van der Waals surface area (Å²) in [6, 6.07) is 0. The van der Waals surface area contributed by atoms with E-state index < -0.39 is 5.97 Å². The van der Waals surface area contributed by atoms with E-state index in [2.05, 4.69) is 0 Å². The Morgan fingerprint density at radius 2 is 1.50 bits per heavy atom. The van der Waals surface area contributed by atoms with Gasteiger partial charge >= 0.3 is 5.97 Å². The molecule has 0 aliphatic heterocycles. The summed E-state index contributed by atoms with van der Waals surface area (Å²) in [6.07, 6.45) is 9.24. The summed E-state index contributed by atoms with van der Waals surface area (Å²) in [5.41, 5.74) is 0. The molecule has 0 heterocycles. The summed E-state index contributed by atoms with van der Waals surface area (Å²) in [4.78, 5) is 25.3. The normalized spacial score (nSPS) is 28.1. The van der Waals surface area contributed by atoms with Crippen molar-refractivity contribution in [3.63, 3.8) is 0 Å². The number of carbonyl (C=O) groups excluding carboxylic acids is 1. The van der Waals surface area contributed by atoms with Crippen molar-refractivity contribution in [2.45, 2.75) is 57.8 Å². The number of nitrogens with zero attached hydrogens (tertiary/aromatic N) is 1. The molecule has 1 amide bonds. The molecule has 0 aromatic rings. The first kappa shape index (κ1) is 15.3. The molecule has 0 atom stereocenters. The molecule has 0 bridgehead atoms. The lowest BCUT2D eigenvalue weighted by Gasteiger charge is -2.32. The lowest BCUT2D eigenvalue weighted by atomic mass is 9.81. The van der Waals surface area contributed by atoms with Crippen molar-refractivity contribution < 1.29 is 14.7 Å². The zero-order valence-electron chi connectivity index (χ0n) is 12.5. The highest BCUT2D eigenvalue weighted by molar-refractivity contribution is 5.79. The SMILES string of the molecule is CN(CC1CCCCC1)C(=O)C1CCC(C(=O)O)CC1. The Labute approximate surface area is 121 Å². The van der Waals surface area contributed by atoms with Gasteiger partial charge in [-0.2, -0.15) is 0 Å². The number of carboxylic acid groups (broad SMARTS) is 1. The maximum Gasteiger partial charge on any atom is 0.306 e. The highest BCUT2D eigenvalue weighted by Crippen LogP contribution is 2.31. The number of rotatable bonds is 4. The second-order valence-corrected chi connectivity index (χ2v) is 6.61. The van der Waals surface area contributed by atoms with Crippen LogP contribution in [-0.2, 0) is 9.59 Å². The van der Waals surface area contributed by atoms with Gasteiger partial charge in [-0.25, -0.2) is 0 Å². The van der Waals surface area contributed by atoms with Gasteiger partial charge < -0.3 is 10.0 Å². The molecule has 2 rings (SSSR count). The third-order valence-corrected chi connectivity index (χ3v) is 5.06. The first-order valence-electron chi connectivity index (χ1n) is 8.05. The fraction of sp³-hybridized carbons (Fsp3) is 0.875. The lowest BCUT2D eigenvalue weighted by Crippen LogP contribution is -2.38. The molecule has 2 aliphatic carbocycles. The van der Waals surface area contributed by atoms with Gasteiger partial charge in [0, 0.05) is 19.5 Å². The van der Waals surface area contributed by atoms with Crippen LogP contribution in [0, 0.1) is 17.8 Å². The van der Waals surface area contributed by atoms with E-state index in [9.17, 15) is 9.59 Å². The molecule has 0 spiro atoms. The number of aliphatic carboxylic acids is 1. The van der Waals surface area contributed by atoms with E-state index in [1.807, 2.05) is 11.9 Å². The molecule has 1 N–H and O–H groups in total. The fourth-order valence-corrected chi connectivity index (χ4v) is 3.75. The van der Waals surface area contributed by atoms with Gasteiger partial charge in [-0.1, -0.05) is 19.3 Å². The highest BCUT2D eigenvalue weighted by atomic mass is 16.4.